The molecule has 2 aliphatic heterocycles. The molecule has 3 aliphatic rings. The van der Waals surface area contributed by atoms with Gasteiger partial charge in [-0.25, -0.2) is 22.5 Å². The molecule has 7 rings (SSSR count). The van der Waals surface area contributed by atoms with E-state index >= 15 is 4.39 Å². The summed E-state index contributed by atoms with van der Waals surface area (Å²) in [5.74, 6) is -1.17. The fourth-order valence-corrected chi connectivity index (χ4v) is 8.17. The number of carbonyl (C=O) groups excluding carboxylic acids is 4. The summed E-state index contributed by atoms with van der Waals surface area (Å²) < 4.78 is 60.6. The Morgan fingerprint density at radius 2 is 1.55 bits per heavy atom. The molecule has 2 saturated heterocycles. The van der Waals surface area contributed by atoms with E-state index in [9.17, 15) is 32.3 Å². The number of fused-ring (bicyclic) bond motifs is 2. The zero-order valence-corrected chi connectivity index (χ0v) is 35.0. The molecule has 0 spiro atoms. The van der Waals surface area contributed by atoms with Gasteiger partial charge in [-0.15, -0.1) is 0 Å². The van der Waals surface area contributed by atoms with Crippen LogP contribution in [0.5, 0.6) is 0 Å². The second-order valence-corrected chi connectivity index (χ2v) is 16.5. The van der Waals surface area contributed by atoms with Crippen molar-refractivity contribution < 1.29 is 36.7 Å². The van der Waals surface area contributed by atoms with E-state index in [0.29, 0.717) is 59.4 Å². The molecule has 60 heavy (non-hydrogen) atoms. The highest BCUT2D eigenvalue weighted by Crippen LogP contribution is 2.39. The number of amides is 3. The van der Waals surface area contributed by atoms with Crippen molar-refractivity contribution in [2.75, 3.05) is 34.2 Å². The van der Waals surface area contributed by atoms with Gasteiger partial charge in [-0.05, 0) is 109 Å². The number of alkyl halides is 2. The molecule has 1 aliphatic carbocycles. The second-order valence-electron chi connectivity index (χ2n) is 16.5. The predicted molar refractivity (Wildman–Crippen MR) is 222 cm³/mol. The van der Waals surface area contributed by atoms with E-state index in [1.807, 2.05) is 23.4 Å². The minimum absolute atomic E-state index is 0.00520. The molecule has 0 bridgehead atoms. The zero-order valence-electron chi connectivity index (χ0n) is 35.0. The number of nitrogens with one attached hydrogen (secondary N) is 5. The van der Waals surface area contributed by atoms with E-state index in [4.69, 9.17) is 4.98 Å². The normalized spacial score (nSPS) is 22.6. The van der Waals surface area contributed by atoms with Crippen molar-refractivity contribution >= 4 is 45.9 Å². The molecule has 1 saturated carbocycles. The van der Waals surface area contributed by atoms with Crippen LogP contribution in [0, 0.1) is 17.6 Å². The van der Waals surface area contributed by atoms with E-state index < -0.39 is 42.1 Å². The van der Waals surface area contributed by atoms with Crippen molar-refractivity contribution in [2.45, 2.75) is 114 Å². The van der Waals surface area contributed by atoms with Crippen LogP contribution in [0.2, 0.25) is 0 Å². The van der Waals surface area contributed by atoms with Crippen molar-refractivity contribution in [3.63, 3.8) is 0 Å². The molecular weight excluding hydrogens is 783 g/mol. The molecule has 4 aromatic rings. The van der Waals surface area contributed by atoms with Gasteiger partial charge in [0.1, 0.15) is 36.3 Å². The number of likely N-dealkylation sites (N-methyl/N-ethyl adjacent to an activating group) is 3. The Kier molecular flexibility index (Phi) is 14.3. The third-order valence-corrected chi connectivity index (χ3v) is 12.2. The van der Waals surface area contributed by atoms with Crippen molar-refractivity contribution in [2.24, 2.45) is 5.92 Å². The number of hydrogen-bond donors (Lipinski definition) is 5. The average molecular weight is 840 g/mol. The molecule has 3 amide bonds. The van der Waals surface area contributed by atoms with Crippen molar-refractivity contribution in [1.82, 2.24) is 45.6 Å². The van der Waals surface area contributed by atoms with Crippen LogP contribution < -0.4 is 21.3 Å². The van der Waals surface area contributed by atoms with Gasteiger partial charge < -0.3 is 40.5 Å². The van der Waals surface area contributed by atoms with Gasteiger partial charge in [0.15, 0.2) is 5.82 Å². The van der Waals surface area contributed by atoms with Crippen LogP contribution in [0.15, 0.2) is 36.4 Å². The number of imidazole rings is 1. The fourth-order valence-electron chi connectivity index (χ4n) is 8.17. The number of hydrogen-bond acceptors (Lipinski definition) is 8. The summed E-state index contributed by atoms with van der Waals surface area (Å²) in [5, 5.41) is 11.9. The van der Waals surface area contributed by atoms with Crippen molar-refractivity contribution in [1.29, 1.82) is 0 Å². The Morgan fingerprint density at radius 3 is 2.17 bits per heavy atom. The molecular formula is C43H57F4N9O4. The van der Waals surface area contributed by atoms with Gasteiger partial charge in [0.05, 0.1) is 41.4 Å². The molecule has 5 N–H and O–H groups in total. The van der Waals surface area contributed by atoms with Gasteiger partial charge in [0.25, 0.3) is 0 Å². The number of halogens is 4. The summed E-state index contributed by atoms with van der Waals surface area (Å²) in [4.78, 5) is 60.1. The lowest BCUT2D eigenvalue weighted by molar-refractivity contribution is -0.138. The van der Waals surface area contributed by atoms with Crippen LogP contribution in [-0.2, 0) is 32.1 Å². The molecule has 13 nitrogen and oxygen atoms in total. The first-order valence-corrected chi connectivity index (χ1v) is 20.8. The first-order chi connectivity index (χ1) is 28.6. The molecule has 2 aromatic heterocycles. The lowest BCUT2D eigenvalue weighted by atomic mass is 9.99. The third kappa shape index (κ3) is 10.0. The molecule has 8 unspecified atom stereocenters. The van der Waals surface area contributed by atoms with Crippen LogP contribution in [0.25, 0.3) is 33.5 Å². The SMILES string of the molecule is CCC(C=O)NC(=O)C(C)NC.CNC(C)C(=O)NC(C(=O)N1CC(F)CC1Cc1c(-c2nc3cc(F)ccc3n2CC2CC(F)CN2C)[nH]c2cc(F)ccc12)C1CC1. The van der Waals surface area contributed by atoms with Crippen molar-refractivity contribution in [3.8, 4) is 11.5 Å². The van der Waals surface area contributed by atoms with Crippen LogP contribution in [-0.4, -0.2) is 131 Å². The summed E-state index contributed by atoms with van der Waals surface area (Å²) in [5.41, 5.74) is 2.85. The molecule has 326 valence electrons. The van der Waals surface area contributed by atoms with Gasteiger partial charge in [-0.2, -0.15) is 0 Å². The highest BCUT2D eigenvalue weighted by molar-refractivity contribution is 5.93. The molecule has 2 aromatic carbocycles. The summed E-state index contributed by atoms with van der Waals surface area (Å²) in [6, 6.07) is 6.22. The first-order valence-electron chi connectivity index (χ1n) is 20.8. The van der Waals surface area contributed by atoms with E-state index in [1.54, 1.807) is 45.0 Å². The van der Waals surface area contributed by atoms with Gasteiger partial charge in [-0.1, -0.05) is 6.92 Å². The predicted octanol–water partition coefficient (Wildman–Crippen LogP) is 4.18. The van der Waals surface area contributed by atoms with Gasteiger partial charge in [0.2, 0.25) is 17.7 Å². The van der Waals surface area contributed by atoms with Crippen LogP contribution in [0.1, 0.15) is 58.4 Å². The number of benzene rings is 2. The molecule has 4 heterocycles. The van der Waals surface area contributed by atoms with Crippen molar-refractivity contribution in [3.05, 3.63) is 53.6 Å². The smallest absolute Gasteiger partial charge is 0.245 e. The minimum atomic E-state index is -1.25. The van der Waals surface area contributed by atoms with E-state index in [-0.39, 0.29) is 61.2 Å². The van der Waals surface area contributed by atoms with E-state index in [0.717, 1.165) is 24.7 Å². The van der Waals surface area contributed by atoms with E-state index in [1.165, 1.54) is 24.3 Å². The maximum absolute atomic E-state index is 15.2. The maximum Gasteiger partial charge on any atom is 0.245 e. The molecule has 8 atom stereocenters. The monoisotopic (exact) mass is 839 g/mol. The Bertz CT molecular complexity index is 2180. The largest absolute Gasteiger partial charge is 0.352 e. The number of H-pyrrole nitrogens is 1. The molecule has 17 heteroatoms. The average Bonchev–Trinajstić information content (AvgIpc) is 3.64. The summed E-state index contributed by atoms with van der Waals surface area (Å²) in [7, 11) is 5.24. The lowest BCUT2D eigenvalue weighted by Gasteiger charge is -2.30. The number of rotatable bonds is 15. The van der Waals surface area contributed by atoms with Crippen LogP contribution in [0.3, 0.4) is 0 Å². The number of aromatic amines is 1. The summed E-state index contributed by atoms with van der Waals surface area (Å²) in [6.07, 6.45) is 1.44. The molecule has 3 fully saturated rings. The number of aromatic nitrogens is 3. The second kappa shape index (κ2) is 19.2. The molecule has 0 radical (unpaired) electrons. The first kappa shape index (κ1) is 44.7. The van der Waals surface area contributed by atoms with E-state index in [2.05, 4.69) is 26.3 Å². The maximum atomic E-state index is 15.2. The van der Waals surface area contributed by atoms with Crippen LogP contribution in [0.4, 0.5) is 17.6 Å². The number of nitrogens with zero attached hydrogens (tertiary/aromatic N) is 4. The topological polar surface area (TPSA) is 156 Å². The standard InChI is InChI=1S/C35H41F4N7O2.C8H16N2O2/c1-18(40-2)34(47)43-31(19-4-5-19)35(48)45-16-23(39)10-24(45)14-27-26-8-6-20(36)12-28(26)41-32(27)33-42-29-13-21(37)7-9-30(29)46(33)17-25-11-22(38)15-44(25)3;1-4-7(5-11)10-8(12)6(2)9-3/h6-9,12-13,18-19,22-25,31,40-41H,4-5,10-11,14-17H2,1-3H3,(H,43,47);5-7,9H,4H2,1-3H3,(H,10,12). The van der Waals surface area contributed by atoms with Gasteiger partial charge in [-0.3, -0.25) is 19.3 Å². The van der Waals surface area contributed by atoms with Crippen LogP contribution >= 0.6 is 0 Å². The Balaban J connectivity index is 0.000000439. The van der Waals surface area contributed by atoms with Gasteiger partial charge >= 0.3 is 0 Å². The Labute approximate surface area is 347 Å². The third-order valence-electron chi connectivity index (χ3n) is 12.2. The zero-order chi connectivity index (χ0) is 43.4. The Hall–Kier alpha value is -4.87. The highest BCUT2D eigenvalue weighted by Gasteiger charge is 2.45. The fraction of sp³-hybridized carbons (Fsp3) is 0.558. The number of aldehydes is 1. The quantitative estimate of drug-likeness (QED) is 0.0883. The lowest BCUT2D eigenvalue weighted by Crippen LogP contribution is -2.54. The summed E-state index contributed by atoms with van der Waals surface area (Å²) in [6.45, 7) is 5.91. The number of carbonyl (C=O) groups is 4. The minimum Gasteiger partial charge on any atom is -0.352 e. The summed E-state index contributed by atoms with van der Waals surface area (Å²) >= 11 is 0. The Morgan fingerprint density at radius 1 is 0.917 bits per heavy atom. The number of likely N-dealkylation sites (tertiary alicyclic amines) is 2. The van der Waals surface area contributed by atoms with Gasteiger partial charge in [0, 0.05) is 48.6 Å². The highest BCUT2D eigenvalue weighted by atomic mass is 19.1.